The van der Waals surface area contributed by atoms with E-state index in [4.69, 9.17) is 0 Å². The van der Waals surface area contributed by atoms with Gasteiger partial charge in [0, 0.05) is 9.61 Å². The number of nitrogens with one attached hydrogen (secondary N) is 1. The monoisotopic (exact) mass is 393 g/mol. The van der Waals surface area contributed by atoms with Crippen LogP contribution in [0, 0.1) is 24.3 Å². The lowest BCUT2D eigenvalue weighted by molar-refractivity contribution is 0.545. The average Bonchev–Trinajstić information content (AvgIpc) is 2.42. The van der Waals surface area contributed by atoms with Gasteiger partial charge in [0.1, 0.15) is 0 Å². The molecule has 1 atom stereocenters. The van der Waals surface area contributed by atoms with Crippen LogP contribution in [0.3, 0.4) is 0 Å². The van der Waals surface area contributed by atoms with E-state index in [1.165, 1.54) is 31.4 Å². The van der Waals surface area contributed by atoms with Crippen LogP contribution in [0.2, 0.25) is 0 Å². The summed E-state index contributed by atoms with van der Waals surface area (Å²) in [6.07, 6.45) is 1.05. The first-order chi connectivity index (χ1) is 10.0. The summed E-state index contributed by atoms with van der Waals surface area (Å²) in [5, 5.41) is 3.65. The molecule has 0 aromatic heterocycles. The van der Waals surface area contributed by atoms with E-state index < -0.39 is 0 Å². The molecule has 0 spiro atoms. The number of hydrogen-bond acceptors (Lipinski definition) is 1. The molecule has 2 aromatic carbocycles. The van der Waals surface area contributed by atoms with Crippen molar-refractivity contribution in [3.8, 4) is 0 Å². The zero-order chi connectivity index (χ0) is 15.4. The predicted molar refractivity (Wildman–Crippen MR) is 99.9 cm³/mol. The molecule has 0 aliphatic carbocycles. The van der Waals surface area contributed by atoms with Crippen LogP contribution in [-0.2, 0) is 6.42 Å². The van der Waals surface area contributed by atoms with Crippen LogP contribution in [0.4, 0.5) is 0 Å². The van der Waals surface area contributed by atoms with Crippen molar-refractivity contribution in [3.63, 3.8) is 0 Å². The van der Waals surface area contributed by atoms with Gasteiger partial charge >= 0.3 is 0 Å². The van der Waals surface area contributed by atoms with E-state index in [-0.39, 0.29) is 0 Å². The van der Waals surface area contributed by atoms with Crippen molar-refractivity contribution in [2.45, 2.75) is 40.2 Å². The highest BCUT2D eigenvalue weighted by molar-refractivity contribution is 14.1. The number of benzene rings is 2. The molecular weight excluding hydrogens is 369 g/mol. The highest BCUT2D eigenvalue weighted by atomic mass is 127. The maximum Gasteiger partial charge on any atom is 0.0371 e. The smallest absolute Gasteiger partial charge is 0.0371 e. The molecule has 0 radical (unpaired) electrons. The summed E-state index contributed by atoms with van der Waals surface area (Å²) in [5.74, 6) is 0. The van der Waals surface area contributed by atoms with Gasteiger partial charge in [-0.05, 0) is 84.6 Å². The van der Waals surface area contributed by atoms with Crippen molar-refractivity contribution in [1.29, 1.82) is 0 Å². The van der Waals surface area contributed by atoms with E-state index in [1.807, 2.05) is 0 Å². The number of likely N-dealkylation sites (N-methyl/N-ethyl adjacent to an activating group) is 1. The second kappa shape index (κ2) is 7.41. The Labute approximate surface area is 142 Å². The molecule has 0 amide bonds. The molecule has 2 rings (SSSR count). The fraction of sp³-hybridized carbons (Fsp3) is 0.368. The van der Waals surface area contributed by atoms with E-state index in [0.717, 1.165) is 13.0 Å². The minimum atomic E-state index is 0.378. The van der Waals surface area contributed by atoms with Crippen LogP contribution in [0.15, 0.2) is 36.4 Å². The number of aryl methyl sites for hydroxylation is 3. The van der Waals surface area contributed by atoms with Crippen LogP contribution in [-0.4, -0.2) is 6.54 Å². The molecular formula is C19H24IN. The Balaban J connectivity index is 2.36. The number of halogens is 1. The topological polar surface area (TPSA) is 12.0 Å². The highest BCUT2D eigenvalue weighted by Crippen LogP contribution is 2.27. The first-order valence-electron chi connectivity index (χ1n) is 7.57. The van der Waals surface area contributed by atoms with Crippen molar-refractivity contribution in [3.05, 3.63) is 67.8 Å². The molecule has 21 heavy (non-hydrogen) atoms. The first kappa shape index (κ1) is 16.5. The van der Waals surface area contributed by atoms with Gasteiger partial charge in [-0.15, -0.1) is 0 Å². The zero-order valence-corrected chi connectivity index (χ0v) is 15.5. The van der Waals surface area contributed by atoms with Crippen LogP contribution in [0.5, 0.6) is 0 Å². The van der Waals surface area contributed by atoms with Crippen molar-refractivity contribution < 1.29 is 0 Å². The molecule has 0 aliphatic rings. The summed E-state index contributed by atoms with van der Waals surface area (Å²) in [4.78, 5) is 0. The van der Waals surface area contributed by atoms with E-state index in [1.54, 1.807) is 0 Å². The average molecular weight is 393 g/mol. The lowest BCUT2D eigenvalue weighted by atomic mass is 9.91. The van der Waals surface area contributed by atoms with Crippen LogP contribution < -0.4 is 5.32 Å². The molecule has 0 aliphatic heterocycles. The second-order valence-corrected chi connectivity index (χ2v) is 6.88. The van der Waals surface area contributed by atoms with E-state index in [2.05, 4.69) is 92.0 Å². The second-order valence-electron chi connectivity index (χ2n) is 5.71. The molecule has 0 fully saturated rings. The van der Waals surface area contributed by atoms with E-state index in [9.17, 15) is 0 Å². The van der Waals surface area contributed by atoms with Gasteiger partial charge in [0.05, 0.1) is 0 Å². The zero-order valence-electron chi connectivity index (χ0n) is 13.3. The maximum absolute atomic E-state index is 3.65. The Morgan fingerprint density at radius 1 is 1.05 bits per heavy atom. The molecule has 0 saturated carbocycles. The molecule has 1 nitrogen and oxygen atoms in total. The summed E-state index contributed by atoms with van der Waals surface area (Å²) in [6, 6.07) is 13.6. The Morgan fingerprint density at radius 2 is 1.67 bits per heavy atom. The van der Waals surface area contributed by atoms with Gasteiger partial charge in [-0.1, -0.05) is 42.8 Å². The third kappa shape index (κ3) is 4.07. The molecule has 2 aromatic rings. The fourth-order valence-corrected chi connectivity index (χ4v) is 3.80. The molecule has 1 unspecified atom stereocenters. The van der Waals surface area contributed by atoms with Gasteiger partial charge in [0.2, 0.25) is 0 Å². The van der Waals surface area contributed by atoms with Gasteiger partial charge in [0.15, 0.2) is 0 Å². The van der Waals surface area contributed by atoms with E-state index in [0.29, 0.717) is 6.04 Å². The van der Waals surface area contributed by atoms with Crippen LogP contribution >= 0.6 is 22.6 Å². The van der Waals surface area contributed by atoms with Gasteiger partial charge in [-0.2, -0.15) is 0 Å². The lowest BCUT2D eigenvalue weighted by Crippen LogP contribution is -2.24. The largest absolute Gasteiger partial charge is 0.310 e. The Hall–Kier alpha value is -0.870. The Bertz CT molecular complexity index is 596. The van der Waals surface area contributed by atoms with Crippen molar-refractivity contribution in [2.75, 3.05) is 6.54 Å². The molecule has 2 heteroatoms. The Morgan fingerprint density at radius 3 is 2.24 bits per heavy atom. The standard InChI is InChI=1S/C19H24IN/c1-5-21-19(16-8-6-7-9-18(16)20)12-17-14(3)10-13(2)11-15(17)4/h6-11,19,21H,5,12H2,1-4H3. The minimum Gasteiger partial charge on any atom is -0.310 e. The van der Waals surface area contributed by atoms with Crippen molar-refractivity contribution in [1.82, 2.24) is 5.32 Å². The predicted octanol–water partition coefficient (Wildman–Crippen LogP) is 5.11. The quantitative estimate of drug-likeness (QED) is 0.697. The number of hydrogen-bond donors (Lipinski definition) is 1. The normalized spacial score (nSPS) is 12.4. The van der Waals surface area contributed by atoms with Gasteiger partial charge in [-0.25, -0.2) is 0 Å². The summed E-state index contributed by atoms with van der Waals surface area (Å²) < 4.78 is 1.34. The molecule has 0 heterocycles. The SMILES string of the molecule is CCNC(Cc1c(C)cc(C)cc1C)c1ccccc1I. The third-order valence-corrected chi connectivity index (χ3v) is 4.96. The summed E-state index contributed by atoms with van der Waals surface area (Å²) >= 11 is 2.44. The van der Waals surface area contributed by atoms with Crippen LogP contribution in [0.1, 0.15) is 40.8 Å². The Kier molecular flexibility index (Phi) is 5.82. The number of rotatable bonds is 5. The molecule has 0 bridgehead atoms. The summed E-state index contributed by atoms with van der Waals surface area (Å²) in [5.41, 5.74) is 7.04. The summed E-state index contributed by atoms with van der Waals surface area (Å²) in [7, 11) is 0. The van der Waals surface area contributed by atoms with Gasteiger partial charge in [0.25, 0.3) is 0 Å². The first-order valence-corrected chi connectivity index (χ1v) is 8.65. The molecule has 112 valence electrons. The summed E-state index contributed by atoms with van der Waals surface area (Å²) in [6.45, 7) is 9.80. The van der Waals surface area contributed by atoms with Crippen molar-refractivity contribution in [2.24, 2.45) is 0 Å². The lowest BCUT2D eigenvalue weighted by Gasteiger charge is -2.22. The molecule has 1 N–H and O–H groups in total. The van der Waals surface area contributed by atoms with Crippen LogP contribution in [0.25, 0.3) is 0 Å². The van der Waals surface area contributed by atoms with Crippen molar-refractivity contribution >= 4 is 22.6 Å². The molecule has 0 saturated heterocycles. The minimum absolute atomic E-state index is 0.378. The van der Waals surface area contributed by atoms with E-state index >= 15 is 0 Å². The fourth-order valence-electron chi connectivity index (χ4n) is 3.03. The van der Waals surface area contributed by atoms with Gasteiger partial charge < -0.3 is 5.32 Å². The van der Waals surface area contributed by atoms with Gasteiger partial charge in [-0.3, -0.25) is 0 Å². The highest BCUT2D eigenvalue weighted by Gasteiger charge is 2.16. The maximum atomic E-state index is 3.65. The third-order valence-electron chi connectivity index (χ3n) is 3.98.